The predicted octanol–water partition coefficient (Wildman–Crippen LogP) is 3.93. The van der Waals surface area contributed by atoms with E-state index < -0.39 is 10.0 Å². The summed E-state index contributed by atoms with van der Waals surface area (Å²) in [6.07, 6.45) is 5.51. The Bertz CT molecular complexity index is 1190. The molecular weight excluding hydrogens is 458 g/mol. The third kappa shape index (κ3) is 4.85. The maximum Gasteiger partial charge on any atom is 0.243 e. The summed E-state index contributed by atoms with van der Waals surface area (Å²) in [6.45, 7) is 8.24. The lowest BCUT2D eigenvalue weighted by Gasteiger charge is -2.39. The number of carbonyl (C=O) groups is 1. The topological polar surface area (TPSA) is 60.9 Å². The molecule has 35 heavy (non-hydrogen) atoms. The zero-order valence-corrected chi connectivity index (χ0v) is 21.8. The van der Waals surface area contributed by atoms with Gasteiger partial charge in [-0.3, -0.25) is 4.79 Å². The molecule has 188 valence electrons. The fourth-order valence-corrected chi connectivity index (χ4v) is 7.39. The van der Waals surface area contributed by atoms with E-state index in [0.29, 0.717) is 30.8 Å². The van der Waals surface area contributed by atoms with E-state index in [2.05, 4.69) is 36.9 Å². The first-order valence-electron chi connectivity index (χ1n) is 13.1. The average molecular weight is 496 g/mol. The van der Waals surface area contributed by atoms with E-state index in [0.717, 1.165) is 45.4 Å². The molecular formula is C28H37N3O3S. The molecule has 0 radical (unpaired) electrons. The van der Waals surface area contributed by atoms with Gasteiger partial charge in [-0.2, -0.15) is 4.31 Å². The first kappa shape index (κ1) is 24.3. The number of fused-ring (bicyclic) bond motifs is 1. The van der Waals surface area contributed by atoms with Gasteiger partial charge in [0.1, 0.15) is 0 Å². The van der Waals surface area contributed by atoms with Crippen molar-refractivity contribution >= 4 is 21.6 Å². The fourth-order valence-electron chi connectivity index (χ4n) is 5.87. The van der Waals surface area contributed by atoms with Crippen LogP contribution in [0.1, 0.15) is 47.9 Å². The monoisotopic (exact) mass is 495 g/mol. The first-order chi connectivity index (χ1) is 16.8. The Balaban J connectivity index is 1.17. The van der Waals surface area contributed by atoms with Gasteiger partial charge in [-0.05, 0) is 92.8 Å². The van der Waals surface area contributed by atoms with Gasteiger partial charge in [-0.15, -0.1) is 0 Å². The molecule has 2 fully saturated rings. The molecule has 2 saturated heterocycles. The third-order valence-electron chi connectivity index (χ3n) is 8.27. The Kier molecular flexibility index (Phi) is 6.91. The maximum atomic E-state index is 13.3. The highest BCUT2D eigenvalue weighted by Gasteiger charge is 2.35. The summed E-state index contributed by atoms with van der Waals surface area (Å²) >= 11 is 0. The van der Waals surface area contributed by atoms with Crippen molar-refractivity contribution in [3.8, 4) is 0 Å². The highest BCUT2D eigenvalue weighted by molar-refractivity contribution is 7.89. The van der Waals surface area contributed by atoms with Gasteiger partial charge in [0.15, 0.2) is 0 Å². The van der Waals surface area contributed by atoms with Crippen molar-refractivity contribution in [2.45, 2.75) is 57.3 Å². The normalized spacial score (nSPS) is 20.1. The lowest BCUT2D eigenvalue weighted by atomic mass is 9.92. The summed E-state index contributed by atoms with van der Waals surface area (Å²) in [4.78, 5) is 18.0. The molecule has 3 aliphatic rings. The number of carbonyl (C=O) groups excluding carboxylic acids is 1. The number of rotatable bonds is 4. The van der Waals surface area contributed by atoms with Gasteiger partial charge in [-0.25, -0.2) is 8.42 Å². The van der Waals surface area contributed by atoms with E-state index >= 15 is 0 Å². The highest BCUT2D eigenvalue weighted by atomic mass is 32.2. The number of hydrogen-bond donors (Lipinski definition) is 0. The summed E-state index contributed by atoms with van der Waals surface area (Å²) < 4.78 is 28.2. The van der Waals surface area contributed by atoms with Crippen LogP contribution in [0.25, 0.3) is 0 Å². The number of piperazine rings is 1. The second-order valence-electron chi connectivity index (χ2n) is 10.3. The van der Waals surface area contributed by atoms with E-state index in [4.69, 9.17) is 0 Å². The SMILES string of the molecule is Cc1cccc(N2CCN(C(=O)C3CCN(S(=O)(=O)c4ccc5c(c4)CCCC5)CC3)CC2)c1C. The molecule has 2 heterocycles. The van der Waals surface area contributed by atoms with Crippen molar-refractivity contribution in [3.63, 3.8) is 0 Å². The molecule has 0 atom stereocenters. The number of hydrogen-bond acceptors (Lipinski definition) is 4. The summed E-state index contributed by atoms with van der Waals surface area (Å²) in [7, 11) is -3.51. The van der Waals surface area contributed by atoms with E-state index in [1.807, 2.05) is 17.0 Å². The van der Waals surface area contributed by atoms with E-state index in [1.165, 1.54) is 34.4 Å². The van der Waals surface area contributed by atoms with Crippen LogP contribution in [0, 0.1) is 19.8 Å². The van der Waals surface area contributed by atoms with Crippen LogP contribution in [0.15, 0.2) is 41.3 Å². The van der Waals surface area contributed by atoms with Crippen LogP contribution in [0.3, 0.4) is 0 Å². The molecule has 0 bridgehead atoms. The van der Waals surface area contributed by atoms with Gasteiger partial charge in [0.2, 0.25) is 15.9 Å². The van der Waals surface area contributed by atoms with Gasteiger partial charge in [0, 0.05) is 50.9 Å². The molecule has 5 rings (SSSR count). The minimum Gasteiger partial charge on any atom is -0.368 e. The first-order valence-corrected chi connectivity index (χ1v) is 14.5. The zero-order valence-electron chi connectivity index (χ0n) is 21.0. The van der Waals surface area contributed by atoms with Gasteiger partial charge < -0.3 is 9.80 Å². The second kappa shape index (κ2) is 9.94. The van der Waals surface area contributed by atoms with Crippen LogP contribution < -0.4 is 4.90 Å². The van der Waals surface area contributed by atoms with Gasteiger partial charge in [-0.1, -0.05) is 18.2 Å². The third-order valence-corrected chi connectivity index (χ3v) is 10.2. The van der Waals surface area contributed by atoms with Crippen molar-refractivity contribution in [1.29, 1.82) is 0 Å². The van der Waals surface area contributed by atoms with Crippen LogP contribution >= 0.6 is 0 Å². The van der Waals surface area contributed by atoms with Gasteiger partial charge in [0.25, 0.3) is 0 Å². The standard InChI is InChI=1S/C28H37N3O3S/c1-21-6-5-9-27(22(21)2)29-16-18-30(19-17-29)28(32)24-12-14-31(15-13-24)35(33,34)26-11-10-23-7-3-4-8-25(23)20-26/h5-6,9-11,20,24H,3-4,7-8,12-19H2,1-2H3. The molecule has 6 nitrogen and oxygen atoms in total. The Morgan fingerprint density at radius 1 is 0.857 bits per heavy atom. The fraction of sp³-hybridized carbons (Fsp3) is 0.536. The molecule has 7 heteroatoms. The number of benzene rings is 2. The van der Waals surface area contributed by atoms with E-state index in [9.17, 15) is 13.2 Å². The Morgan fingerprint density at radius 2 is 1.54 bits per heavy atom. The number of anilines is 1. The van der Waals surface area contributed by atoms with Crippen molar-refractivity contribution in [2.75, 3.05) is 44.2 Å². The molecule has 0 saturated carbocycles. The lowest BCUT2D eigenvalue weighted by Crippen LogP contribution is -2.52. The molecule has 0 unspecified atom stereocenters. The number of nitrogens with zero attached hydrogens (tertiary/aromatic N) is 3. The average Bonchev–Trinajstić information content (AvgIpc) is 2.90. The second-order valence-corrected chi connectivity index (χ2v) is 12.3. The zero-order chi connectivity index (χ0) is 24.6. The molecule has 1 aliphatic carbocycles. The maximum absolute atomic E-state index is 13.3. The van der Waals surface area contributed by atoms with E-state index in [-0.39, 0.29) is 11.8 Å². The molecule has 2 aliphatic heterocycles. The van der Waals surface area contributed by atoms with Crippen molar-refractivity contribution in [2.24, 2.45) is 5.92 Å². The number of aryl methyl sites for hydroxylation is 3. The Hall–Kier alpha value is -2.38. The summed E-state index contributed by atoms with van der Waals surface area (Å²) in [5, 5.41) is 0. The highest BCUT2D eigenvalue weighted by Crippen LogP contribution is 2.29. The molecule has 2 aromatic carbocycles. The molecule has 1 amide bonds. The number of sulfonamides is 1. The van der Waals surface area contributed by atoms with Crippen LogP contribution in [0.5, 0.6) is 0 Å². The van der Waals surface area contributed by atoms with Crippen LogP contribution in [-0.4, -0.2) is 62.8 Å². The predicted molar refractivity (Wildman–Crippen MR) is 139 cm³/mol. The lowest BCUT2D eigenvalue weighted by molar-refractivity contribution is -0.137. The minimum atomic E-state index is -3.51. The van der Waals surface area contributed by atoms with Crippen molar-refractivity contribution in [1.82, 2.24) is 9.21 Å². The smallest absolute Gasteiger partial charge is 0.243 e. The molecule has 0 aromatic heterocycles. The van der Waals surface area contributed by atoms with Gasteiger partial charge >= 0.3 is 0 Å². The Morgan fingerprint density at radius 3 is 2.26 bits per heavy atom. The quantitative estimate of drug-likeness (QED) is 0.645. The molecule has 0 spiro atoms. The number of piperidine rings is 1. The Labute approximate surface area is 210 Å². The molecule has 0 N–H and O–H groups in total. The summed E-state index contributed by atoms with van der Waals surface area (Å²) in [6, 6.07) is 12.1. The summed E-state index contributed by atoms with van der Waals surface area (Å²) in [5.74, 6) is 0.105. The van der Waals surface area contributed by atoms with Crippen LogP contribution in [0.2, 0.25) is 0 Å². The van der Waals surface area contributed by atoms with Crippen LogP contribution in [-0.2, 0) is 27.7 Å². The van der Waals surface area contributed by atoms with Crippen molar-refractivity contribution in [3.05, 3.63) is 58.7 Å². The molecule has 2 aromatic rings. The minimum absolute atomic E-state index is 0.0859. The number of amides is 1. The van der Waals surface area contributed by atoms with Crippen LogP contribution in [0.4, 0.5) is 5.69 Å². The van der Waals surface area contributed by atoms with Gasteiger partial charge in [0.05, 0.1) is 4.90 Å². The van der Waals surface area contributed by atoms with E-state index in [1.54, 1.807) is 10.4 Å². The van der Waals surface area contributed by atoms with Crippen molar-refractivity contribution < 1.29 is 13.2 Å². The largest absolute Gasteiger partial charge is 0.368 e. The summed E-state index contributed by atoms with van der Waals surface area (Å²) in [5.41, 5.74) is 6.33.